The Labute approximate surface area is 166 Å². The molecule has 0 radical (unpaired) electrons. The molecule has 0 aliphatic heterocycles. The monoisotopic (exact) mass is 386 g/mol. The minimum atomic E-state index is -0.981. The summed E-state index contributed by atoms with van der Waals surface area (Å²) in [5.41, 5.74) is 0. The third-order valence-corrected chi connectivity index (χ3v) is 3.86. The normalized spacial score (nSPS) is 9.26. The molecule has 27 heavy (non-hydrogen) atoms. The lowest BCUT2D eigenvalue weighted by molar-refractivity contribution is -0.132. The molecule has 0 heterocycles. The number of rotatable bonds is 16. The van der Waals surface area contributed by atoms with Gasteiger partial charge in [0.25, 0.3) is 0 Å². The molecule has 0 aromatic heterocycles. The van der Waals surface area contributed by atoms with Crippen molar-refractivity contribution in [2.24, 2.45) is 0 Å². The summed E-state index contributed by atoms with van der Waals surface area (Å²) in [6, 6.07) is 0. The molecule has 3 N–H and O–H groups in total. The molecule has 0 fully saturated rings. The van der Waals surface area contributed by atoms with Crippen molar-refractivity contribution in [2.45, 2.75) is 96.8 Å². The van der Waals surface area contributed by atoms with E-state index in [-0.39, 0.29) is 0 Å². The predicted octanol–water partition coefficient (Wildman–Crippen LogP) is 5.97. The highest BCUT2D eigenvalue weighted by Gasteiger charge is 1.93. The Bertz CT molecular complexity index is 308. The second-order valence-corrected chi connectivity index (χ2v) is 6.40. The summed E-state index contributed by atoms with van der Waals surface area (Å²) in [5.74, 6) is -1.96. The zero-order chi connectivity index (χ0) is 21.2. The number of carbonyl (C=O) groups is 2. The molecule has 0 spiro atoms. The van der Waals surface area contributed by atoms with Gasteiger partial charge in [0.05, 0.1) is 0 Å². The van der Waals surface area contributed by atoms with E-state index in [1.165, 1.54) is 83.5 Å². The van der Waals surface area contributed by atoms with Crippen LogP contribution >= 0.6 is 0 Å². The summed E-state index contributed by atoms with van der Waals surface area (Å²) in [6.45, 7) is 8.57. The molecule has 0 saturated carbocycles. The summed E-state index contributed by atoms with van der Waals surface area (Å²) in [6.07, 6.45) is 20.9. The van der Waals surface area contributed by atoms with E-state index in [9.17, 15) is 9.59 Å². The van der Waals surface area contributed by atoms with Gasteiger partial charge in [-0.3, -0.25) is 0 Å². The molecule has 0 aromatic rings. The third kappa shape index (κ3) is 45.5. The van der Waals surface area contributed by atoms with Crippen molar-refractivity contribution in [2.75, 3.05) is 6.61 Å². The maximum absolute atomic E-state index is 9.25. The first-order chi connectivity index (χ1) is 13.0. The fourth-order valence-electron chi connectivity index (χ4n) is 2.31. The molecular weight excluding hydrogens is 344 g/mol. The van der Waals surface area contributed by atoms with E-state index in [0.29, 0.717) is 6.61 Å². The molecule has 0 aliphatic rings. The molecule has 0 aliphatic carbocycles. The molecule has 0 aromatic carbocycles. The third-order valence-electron chi connectivity index (χ3n) is 3.86. The number of aliphatic hydroxyl groups excluding tert-OH is 1. The number of aliphatic carboxylic acids is 2. The van der Waals surface area contributed by atoms with E-state index < -0.39 is 11.9 Å². The lowest BCUT2D eigenvalue weighted by atomic mass is 10.0. The molecule has 0 atom stereocenters. The van der Waals surface area contributed by atoms with Gasteiger partial charge in [-0.25, -0.2) is 9.59 Å². The van der Waals surface area contributed by atoms with Crippen LogP contribution in [0.3, 0.4) is 0 Å². The number of unbranched alkanes of at least 4 members (excludes halogenated alkanes) is 13. The summed E-state index contributed by atoms with van der Waals surface area (Å²) in [5, 5.41) is 23.9. The topological polar surface area (TPSA) is 94.8 Å². The highest BCUT2D eigenvalue weighted by Crippen LogP contribution is 2.12. The van der Waals surface area contributed by atoms with Gasteiger partial charge < -0.3 is 15.3 Å². The van der Waals surface area contributed by atoms with E-state index in [2.05, 4.69) is 20.1 Å². The highest BCUT2D eigenvalue weighted by molar-refractivity contribution is 5.79. The first-order valence-electron chi connectivity index (χ1n) is 10.3. The van der Waals surface area contributed by atoms with Crippen LogP contribution in [0.1, 0.15) is 96.8 Å². The number of carboxylic acid groups (broad SMARTS) is 2. The summed E-state index contributed by atoms with van der Waals surface area (Å²) in [7, 11) is 0. The van der Waals surface area contributed by atoms with Crippen molar-refractivity contribution in [3.05, 3.63) is 25.3 Å². The first-order valence-corrected chi connectivity index (χ1v) is 10.3. The number of carboxylic acids is 2. The Balaban J connectivity index is -0.000000471. The van der Waals surface area contributed by atoms with E-state index in [1.54, 1.807) is 0 Å². The van der Waals surface area contributed by atoms with Crippen LogP contribution in [-0.4, -0.2) is 33.9 Å². The molecular formula is C22H42O5. The van der Waals surface area contributed by atoms with Crippen molar-refractivity contribution in [3.8, 4) is 0 Å². The van der Waals surface area contributed by atoms with Crippen LogP contribution in [-0.2, 0) is 9.59 Å². The Hall–Kier alpha value is -1.62. The van der Waals surface area contributed by atoms with Gasteiger partial charge in [-0.15, -0.1) is 0 Å². The van der Waals surface area contributed by atoms with Gasteiger partial charge in [0, 0.05) is 18.8 Å². The number of hydrogen-bond donors (Lipinski definition) is 3. The summed E-state index contributed by atoms with van der Waals surface area (Å²) >= 11 is 0. The van der Waals surface area contributed by atoms with Crippen molar-refractivity contribution < 1.29 is 24.9 Å². The first kappa shape index (κ1) is 30.1. The maximum Gasteiger partial charge on any atom is 0.327 e. The van der Waals surface area contributed by atoms with Gasteiger partial charge in [-0.05, 0) is 6.42 Å². The van der Waals surface area contributed by atoms with E-state index in [1.807, 2.05) is 0 Å². The summed E-state index contributed by atoms with van der Waals surface area (Å²) < 4.78 is 0. The lowest BCUT2D eigenvalue weighted by Crippen LogP contribution is -1.84. The van der Waals surface area contributed by atoms with Crippen molar-refractivity contribution in [1.82, 2.24) is 0 Å². The van der Waals surface area contributed by atoms with Crippen LogP contribution in [0.2, 0.25) is 0 Å². The average molecular weight is 387 g/mol. The molecule has 5 heteroatoms. The lowest BCUT2D eigenvalue weighted by Gasteiger charge is -2.02. The fraction of sp³-hybridized carbons (Fsp3) is 0.727. The SMILES string of the molecule is C=CC(=O)O.C=CC(=O)O.CCCCCCCCCCCCCCCCO. The second kappa shape index (κ2) is 29.2. The van der Waals surface area contributed by atoms with Gasteiger partial charge in [-0.1, -0.05) is 104 Å². The van der Waals surface area contributed by atoms with E-state index >= 15 is 0 Å². The van der Waals surface area contributed by atoms with Crippen molar-refractivity contribution >= 4 is 11.9 Å². The van der Waals surface area contributed by atoms with Crippen LogP contribution in [0.25, 0.3) is 0 Å². The number of aliphatic hydroxyl groups is 1. The minimum absolute atomic E-state index is 0.373. The fourth-order valence-corrected chi connectivity index (χ4v) is 2.31. The zero-order valence-electron chi connectivity index (χ0n) is 17.3. The molecule has 0 rings (SSSR count). The van der Waals surface area contributed by atoms with Crippen LogP contribution < -0.4 is 0 Å². The van der Waals surface area contributed by atoms with Gasteiger partial charge in [-0.2, -0.15) is 0 Å². The van der Waals surface area contributed by atoms with Crippen LogP contribution in [0.5, 0.6) is 0 Å². The molecule has 0 bridgehead atoms. The molecule has 160 valence electrons. The largest absolute Gasteiger partial charge is 0.478 e. The van der Waals surface area contributed by atoms with Gasteiger partial charge in [0.1, 0.15) is 0 Å². The number of hydrogen-bond acceptors (Lipinski definition) is 3. The predicted molar refractivity (Wildman–Crippen MR) is 113 cm³/mol. The van der Waals surface area contributed by atoms with Gasteiger partial charge >= 0.3 is 11.9 Å². The van der Waals surface area contributed by atoms with Crippen molar-refractivity contribution in [1.29, 1.82) is 0 Å². The van der Waals surface area contributed by atoms with E-state index in [4.69, 9.17) is 15.3 Å². The molecule has 0 amide bonds. The van der Waals surface area contributed by atoms with E-state index in [0.717, 1.165) is 18.6 Å². The summed E-state index contributed by atoms with van der Waals surface area (Å²) in [4.78, 5) is 18.5. The Kier molecular flexibility index (Phi) is 32.5. The Morgan fingerprint density at radius 2 is 0.852 bits per heavy atom. The maximum atomic E-state index is 9.25. The van der Waals surface area contributed by atoms with Crippen LogP contribution in [0.4, 0.5) is 0 Å². The average Bonchev–Trinajstić information content (AvgIpc) is 2.66. The van der Waals surface area contributed by atoms with Crippen LogP contribution in [0, 0.1) is 0 Å². The van der Waals surface area contributed by atoms with Gasteiger partial charge in [0.15, 0.2) is 0 Å². The minimum Gasteiger partial charge on any atom is -0.478 e. The Morgan fingerprint density at radius 1 is 0.630 bits per heavy atom. The zero-order valence-corrected chi connectivity index (χ0v) is 17.3. The smallest absolute Gasteiger partial charge is 0.327 e. The molecule has 0 unspecified atom stereocenters. The van der Waals surface area contributed by atoms with Crippen LogP contribution in [0.15, 0.2) is 25.3 Å². The molecule has 0 saturated heterocycles. The standard InChI is InChI=1S/C16H34O.2C3H4O2/c1-2-3-4-5-6-7-8-9-10-11-12-13-14-15-16-17;2*1-2-3(4)5/h17H,2-16H2,1H3;2*2H,1H2,(H,4,5). The molecule has 5 nitrogen and oxygen atoms in total. The second-order valence-electron chi connectivity index (χ2n) is 6.40. The van der Waals surface area contributed by atoms with Crippen molar-refractivity contribution in [3.63, 3.8) is 0 Å². The quantitative estimate of drug-likeness (QED) is 0.224. The Morgan fingerprint density at radius 3 is 1.04 bits per heavy atom. The van der Waals surface area contributed by atoms with Gasteiger partial charge in [0.2, 0.25) is 0 Å². The highest BCUT2D eigenvalue weighted by atomic mass is 16.4.